The second-order valence-corrected chi connectivity index (χ2v) is 19.8. The molecule has 1 aromatic heterocycles. The number of carbonyl (C=O) groups excluding carboxylic acids is 2. The number of aromatic carboxylic acids is 1. The fraction of sp³-hybridized carbons (Fsp3) is 0.750. The quantitative estimate of drug-likeness (QED) is 0.181. The standard InChI is InChI=1S/C44H63NO7/c1-26(2)28-16-21-44(32(46)15-12-27-11-10-24-45-36(27)37(48)49)23-22-42(8)29(35(28)44)13-14-31-41(7)19-18-33(52-34(47)25-39(3,4)38(50)51)40(5,6)30(41)17-20-43(31,42)9/h10-11,24,28-31,33,35H,1,12-23,25H2,2-9H3,(H,48,49)(H,50,51)/t28-,29?,30?,31?,33?,35?,41-,42+,43+,44+/m0/s1. The molecule has 6 rings (SSSR count). The van der Waals surface area contributed by atoms with Crippen LogP contribution in [-0.2, 0) is 25.5 Å². The third-order valence-electron chi connectivity index (χ3n) is 16.7. The summed E-state index contributed by atoms with van der Waals surface area (Å²) in [6.07, 6.45) is 11.8. The summed E-state index contributed by atoms with van der Waals surface area (Å²) in [6, 6.07) is 3.55. The van der Waals surface area contributed by atoms with Crippen LogP contribution in [0.4, 0.5) is 0 Å². The van der Waals surface area contributed by atoms with Crippen LogP contribution in [0.25, 0.3) is 0 Å². The molecule has 2 N–H and O–H groups in total. The second-order valence-electron chi connectivity index (χ2n) is 19.8. The molecule has 5 saturated carbocycles. The Hall–Kier alpha value is -3.03. The zero-order chi connectivity index (χ0) is 38.2. The van der Waals surface area contributed by atoms with Gasteiger partial charge in [0, 0.05) is 23.4 Å². The molecule has 8 heteroatoms. The number of rotatable bonds is 10. The first-order valence-corrected chi connectivity index (χ1v) is 19.9. The Labute approximate surface area is 311 Å². The fourth-order valence-corrected chi connectivity index (χ4v) is 13.8. The van der Waals surface area contributed by atoms with Crippen LogP contribution in [0.15, 0.2) is 30.5 Å². The van der Waals surface area contributed by atoms with E-state index >= 15 is 0 Å². The molecule has 5 fully saturated rings. The lowest BCUT2D eigenvalue weighted by Crippen LogP contribution is -2.67. The van der Waals surface area contributed by atoms with Crippen molar-refractivity contribution in [2.24, 2.45) is 62.1 Å². The number of ketones is 1. The number of ether oxygens (including phenoxy) is 1. The molecule has 8 nitrogen and oxygen atoms in total. The van der Waals surface area contributed by atoms with Gasteiger partial charge in [0.2, 0.25) is 0 Å². The third kappa shape index (κ3) is 5.79. The Bertz CT molecular complexity index is 1650. The molecule has 1 aromatic rings. The van der Waals surface area contributed by atoms with Crippen LogP contribution in [0.1, 0.15) is 148 Å². The number of pyridine rings is 1. The van der Waals surface area contributed by atoms with Gasteiger partial charge in [0.05, 0.1) is 11.8 Å². The maximum Gasteiger partial charge on any atom is 0.354 e. The van der Waals surface area contributed by atoms with Crippen LogP contribution >= 0.6 is 0 Å². The van der Waals surface area contributed by atoms with Crippen molar-refractivity contribution in [1.29, 1.82) is 0 Å². The molecule has 286 valence electrons. The number of carboxylic acid groups (broad SMARTS) is 2. The lowest BCUT2D eigenvalue weighted by atomic mass is 9.32. The number of aryl methyl sites for hydroxylation is 1. The Morgan fingerprint density at radius 2 is 1.62 bits per heavy atom. The van der Waals surface area contributed by atoms with Gasteiger partial charge in [0.25, 0.3) is 0 Å². The minimum atomic E-state index is -1.17. The average molecular weight is 718 g/mol. The number of esters is 1. The number of aromatic nitrogens is 1. The van der Waals surface area contributed by atoms with E-state index < -0.39 is 28.7 Å². The molecule has 52 heavy (non-hydrogen) atoms. The molecule has 5 unspecified atom stereocenters. The second kappa shape index (κ2) is 13.1. The van der Waals surface area contributed by atoms with Crippen molar-refractivity contribution < 1.29 is 34.1 Å². The van der Waals surface area contributed by atoms with Crippen LogP contribution < -0.4 is 0 Å². The monoisotopic (exact) mass is 717 g/mol. The zero-order valence-corrected chi connectivity index (χ0v) is 33.0. The van der Waals surface area contributed by atoms with E-state index in [9.17, 15) is 29.4 Å². The molecule has 0 spiro atoms. The summed E-state index contributed by atoms with van der Waals surface area (Å²) in [7, 11) is 0. The smallest absolute Gasteiger partial charge is 0.354 e. The molecule has 5 aliphatic carbocycles. The molecule has 0 aromatic carbocycles. The van der Waals surface area contributed by atoms with Gasteiger partial charge < -0.3 is 14.9 Å². The Kier molecular flexibility index (Phi) is 9.73. The molecule has 0 bridgehead atoms. The van der Waals surface area contributed by atoms with Crippen molar-refractivity contribution in [2.75, 3.05) is 0 Å². The maximum absolute atomic E-state index is 14.6. The number of carboxylic acids is 2. The summed E-state index contributed by atoms with van der Waals surface area (Å²) in [6.45, 7) is 22.0. The van der Waals surface area contributed by atoms with Gasteiger partial charge in [-0.15, -0.1) is 0 Å². The van der Waals surface area contributed by atoms with Crippen molar-refractivity contribution in [3.8, 4) is 0 Å². The molecule has 5 aliphatic rings. The van der Waals surface area contributed by atoms with Crippen LogP contribution in [-0.4, -0.2) is 45.0 Å². The number of allylic oxidation sites excluding steroid dienone is 1. The third-order valence-corrected chi connectivity index (χ3v) is 16.7. The molecular weight excluding hydrogens is 654 g/mol. The molecule has 0 aliphatic heterocycles. The summed E-state index contributed by atoms with van der Waals surface area (Å²) in [5.41, 5.74) is 0.278. The van der Waals surface area contributed by atoms with E-state index in [1.807, 2.05) is 0 Å². The zero-order valence-electron chi connectivity index (χ0n) is 33.0. The van der Waals surface area contributed by atoms with Crippen LogP contribution in [0.5, 0.6) is 0 Å². The van der Waals surface area contributed by atoms with E-state index in [2.05, 4.69) is 53.1 Å². The fourth-order valence-electron chi connectivity index (χ4n) is 13.8. The van der Waals surface area contributed by atoms with Gasteiger partial charge in [-0.05, 0) is 149 Å². The average Bonchev–Trinajstić information content (AvgIpc) is 3.46. The van der Waals surface area contributed by atoms with E-state index in [0.29, 0.717) is 47.9 Å². The highest BCUT2D eigenvalue weighted by Crippen LogP contribution is 2.77. The van der Waals surface area contributed by atoms with Gasteiger partial charge in [0.15, 0.2) is 5.69 Å². The van der Waals surface area contributed by atoms with Crippen LogP contribution in [0.3, 0.4) is 0 Å². The van der Waals surface area contributed by atoms with Gasteiger partial charge in [-0.25, -0.2) is 9.78 Å². The van der Waals surface area contributed by atoms with Crippen molar-refractivity contribution in [2.45, 2.75) is 145 Å². The molecule has 0 amide bonds. The first-order chi connectivity index (χ1) is 24.2. The Morgan fingerprint density at radius 3 is 2.27 bits per heavy atom. The van der Waals surface area contributed by atoms with E-state index in [0.717, 1.165) is 64.2 Å². The van der Waals surface area contributed by atoms with E-state index in [4.69, 9.17) is 4.74 Å². The van der Waals surface area contributed by atoms with Crippen LogP contribution in [0.2, 0.25) is 0 Å². The SMILES string of the molecule is C=C(C)[C@@H]1CC[C@]2(C(=O)CCc3cccnc3C(=O)O)CC[C@]3(C)C(CCC4[C@@]5(C)CCC(OC(=O)CC(C)(C)C(=O)O)C(C)(C)C5CC[C@]43C)C12. The lowest BCUT2D eigenvalue weighted by Gasteiger charge is -2.73. The predicted molar refractivity (Wildman–Crippen MR) is 199 cm³/mol. The van der Waals surface area contributed by atoms with Gasteiger partial charge in [-0.2, -0.15) is 0 Å². The highest BCUT2D eigenvalue weighted by atomic mass is 16.5. The number of carbonyl (C=O) groups is 4. The van der Waals surface area contributed by atoms with E-state index in [-0.39, 0.29) is 45.8 Å². The van der Waals surface area contributed by atoms with E-state index in [1.54, 1.807) is 26.0 Å². The van der Waals surface area contributed by atoms with Crippen molar-refractivity contribution in [1.82, 2.24) is 4.98 Å². The Morgan fingerprint density at radius 1 is 0.904 bits per heavy atom. The highest BCUT2D eigenvalue weighted by Gasteiger charge is 2.72. The van der Waals surface area contributed by atoms with Crippen molar-refractivity contribution in [3.05, 3.63) is 41.7 Å². The minimum absolute atomic E-state index is 0.0413. The first-order valence-electron chi connectivity index (χ1n) is 19.9. The Balaban J connectivity index is 1.25. The highest BCUT2D eigenvalue weighted by molar-refractivity contribution is 5.89. The molecule has 10 atom stereocenters. The maximum atomic E-state index is 14.6. The molecule has 1 heterocycles. The molecule has 0 radical (unpaired) electrons. The number of hydrogen-bond donors (Lipinski definition) is 2. The van der Waals surface area contributed by atoms with Gasteiger partial charge >= 0.3 is 17.9 Å². The number of fused-ring (bicyclic) bond motifs is 7. The van der Waals surface area contributed by atoms with Gasteiger partial charge in [-0.1, -0.05) is 52.8 Å². The normalized spacial score (nSPS) is 39.2. The number of nitrogens with zero attached hydrogens (tertiary/aromatic N) is 1. The van der Waals surface area contributed by atoms with Gasteiger partial charge in [-0.3, -0.25) is 14.4 Å². The number of hydrogen-bond acceptors (Lipinski definition) is 6. The summed E-state index contributed by atoms with van der Waals surface area (Å²) >= 11 is 0. The predicted octanol–water partition coefficient (Wildman–Crippen LogP) is 9.35. The summed E-state index contributed by atoms with van der Waals surface area (Å²) in [4.78, 5) is 55.4. The minimum Gasteiger partial charge on any atom is -0.481 e. The van der Waals surface area contributed by atoms with E-state index in [1.165, 1.54) is 11.8 Å². The largest absolute Gasteiger partial charge is 0.481 e. The summed E-state index contributed by atoms with van der Waals surface area (Å²) < 4.78 is 6.16. The summed E-state index contributed by atoms with van der Waals surface area (Å²) in [5.74, 6) is -0.325. The number of Topliss-reactive ketones (excluding diaryl/α,β-unsaturated/α-hetero) is 1. The molecular formula is C44H63NO7. The van der Waals surface area contributed by atoms with Crippen molar-refractivity contribution in [3.63, 3.8) is 0 Å². The number of aliphatic carboxylic acids is 1. The van der Waals surface area contributed by atoms with Gasteiger partial charge in [0.1, 0.15) is 11.9 Å². The summed E-state index contributed by atoms with van der Waals surface area (Å²) in [5, 5.41) is 19.3. The van der Waals surface area contributed by atoms with Crippen molar-refractivity contribution >= 4 is 23.7 Å². The van der Waals surface area contributed by atoms with Crippen LogP contribution in [0, 0.1) is 62.1 Å². The molecule has 0 saturated heterocycles. The topological polar surface area (TPSA) is 131 Å². The first kappa shape index (κ1) is 38.7. The lowest BCUT2D eigenvalue weighted by molar-refractivity contribution is -0.249.